The normalized spacial score (nSPS) is 26.6. The molecule has 0 radical (unpaired) electrons. The van der Waals surface area contributed by atoms with E-state index in [-0.39, 0.29) is 11.3 Å². The van der Waals surface area contributed by atoms with Gasteiger partial charge in [0.05, 0.1) is 22.8 Å². The molecule has 1 saturated heterocycles. The maximum absolute atomic E-state index is 14.0. The summed E-state index contributed by atoms with van der Waals surface area (Å²) in [5, 5.41) is 20.0. The average molecular weight is 487 g/mol. The third-order valence-electron chi connectivity index (χ3n) is 6.73. The largest absolute Gasteiger partial charge is 0.492 e. The van der Waals surface area contributed by atoms with Crippen molar-refractivity contribution >= 4 is 28.7 Å². The number of aliphatic hydroxyl groups is 1. The lowest BCUT2D eigenvalue weighted by atomic mass is 10.0. The summed E-state index contributed by atoms with van der Waals surface area (Å²) in [6, 6.07) is 7.42. The van der Waals surface area contributed by atoms with Gasteiger partial charge >= 0.3 is 5.97 Å². The predicted molar refractivity (Wildman–Crippen MR) is 127 cm³/mol. The molecule has 2 aromatic carbocycles. The predicted octanol–water partition coefficient (Wildman–Crippen LogP) is 3.62. The number of rotatable bonds is 7. The van der Waals surface area contributed by atoms with E-state index in [2.05, 4.69) is 9.62 Å². The maximum atomic E-state index is 14.0. The molecule has 5 rings (SSSR count). The van der Waals surface area contributed by atoms with Gasteiger partial charge in [0.15, 0.2) is 11.0 Å². The van der Waals surface area contributed by atoms with Crippen molar-refractivity contribution in [2.75, 3.05) is 31.0 Å². The number of carbonyl (C=O) groups is 1. The second kappa shape index (κ2) is 8.79. The summed E-state index contributed by atoms with van der Waals surface area (Å²) < 4.78 is 35.8. The Balaban J connectivity index is 1.37. The zero-order valence-electron chi connectivity index (χ0n) is 18.8. The Morgan fingerprint density at radius 3 is 2.94 bits per heavy atom. The first-order valence-corrected chi connectivity index (χ1v) is 12.5. The van der Waals surface area contributed by atoms with Gasteiger partial charge in [-0.25, -0.2) is 13.4 Å². The van der Waals surface area contributed by atoms with Crippen LogP contribution < -0.4 is 9.46 Å². The minimum Gasteiger partial charge on any atom is -0.492 e. The summed E-state index contributed by atoms with van der Waals surface area (Å²) in [7, 11) is -1.84. The van der Waals surface area contributed by atoms with E-state index in [4.69, 9.17) is 4.74 Å². The van der Waals surface area contributed by atoms with Gasteiger partial charge in [-0.1, -0.05) is 18.2 Å². The molecule has 1 aliphatic carbocycles. The average Bonchev–Trinajstić information content (AvgIpc) is 3.49. The Morgan fingerprint density at radius 1 is 1.38 bits per heavy atom. The number of hydrogen-bond acceptors (Lipinski definition) is 5. The smallest absolute Gasteiger partial charge is 0.341 e. The molecule has 2 aliphatic heterocycles. The van der Waals surface area contributed by atoms with Crippen LogP contribution in [-0.2, 0) is 11.0 Å². The first-order chi connectivity index (χ1) is 16.2. The van der Waals surface area contributed by atoms with Crippen LogP contribution in [0.2, 0.25) is 0 Å². The number of halogens is 1. The molecule has 1 saturated carbocycles. The molecular weight excluding hydrogens is 459 g/mol. The number of anilines is 1. The zero-order valence-corrected chi connectivity index (χ0v) is 19.6. The van der Waals surface area contributed by atoms with Crippen molar-refractivity contribution in [2.24, 2.45) is 5.92 Å². The van der Waals surface area contributed by atoms with E-state index in [0.717, 1.165) is 18.5 Å². The minimum absolute atomic E-state index is 0.0310. The highest BCUT2D eigenvalue weighted by molar-refractivity contribution is 7.86. The van der Waals surface area contributed by atoms with Gasteiger partial charge < -0.3 is 19.7 Å². The van der Waals surface area contributed by atoms with Gasteiger partial charge in [0, 0.05) is 25.6 Å². The SMILES string of the molecule is CC1(O)CCN(C/C=C\c2cc(F)ccc2S(=O)Nc2ccc3c(c2C(=O)O)OC[C@@H]2C[C@H]32)C1. The molecule has 180 valence electrons. The first-order valence-electron chi connectivity index (χ1n) is 11.3. The number of aromatic carboxylic acids is 1. The van der Waals surface area contributed by atoms with Crippen LogP contribution in [0.5, 0.6) is 5.75 Å². The summed E-state index contributed by atoms with van der Waals surface area (Å²) in [4.78, 5) is 14.5. The van der Waals surface area contributed by atoms with Crippen molar-refractivity contribution in [1.82, 2.24) is 4.90 Å². The van der Waals surface area contributed by atoms with Crippen molar-refractivity contribution in [3.63, 3.8) is 0 Å². The molecule has 9 heteroatoms. The third kappa shape index (κ3) is 4.60. The summed E-state index contributed by atoms with van der Waals surface area (Å²) >= 11 is 0. The summed E-state index contributed by atoms with van der Waals surface area (Å²) in [6.45, 7) is 4.18. The molecule has 2 unspecified atom stereocenters. The van der Waals surface area contributed by atoms with Gasteiger partial charge in [-0.2, -0.15) is 0 Å². The van der Waals surface area contributed by atoms with E-state index >= 15 is 0 Å². The number of nitrogens with zero attached hydrogens (tertiary/aromatic N) is 1. The van der Waals surface area contributed by atoms with Crippen LogP contribution in [0.25, 0.3) is 6.08 Å². The molecule has 0 bridgehead atoms. The van der Waals surface area contributed by atoms with Gasteiger partial charge in [-0.05, 0) is 61.1 Å². The number of likely N-dealkylation sites (tertiary alicyclic amines) is 1. The highest BCUT2D eigenvalue weighted by atomic mass is 32.2. The zero-order chi connectivity index (χ0) is 24.0. The monoisotopic (exact) mass is 486 g/mol. The fourth-order valence-electron chi connectivity index (χ4n) is 4.84. The van der Waals surface area contributed by atoms with Crippen molar-refractivity contribution in [3.05, 3.63) is 58.9 Å². The van der Waals surface area contributed by atoms with Crippen LogP contribution in [0.15, 0.2) is 41.3 Å². The molecule has 0 aromatic heterocycles. The number of carboxylic acids is 1. The van der Waals surface area contributed by atoms with E-state index in [0.29, 0.717) is 54.2 Å². The van der Waals surface area contributed by atoms with Gasteiger partial charge in [-0.3, -0.25) is 4.90 Å². The van der Waals surface area contributed by atoms with E-state index < -0.39 is 28.4 Å². The Hall–Kier alpha value is -2.75. The molecule has 0 spiro atoms. The number of carboxylic acid groups (broad SMARTS) is 1. The quantitative estimate of drug-likeness (QED) is 0.553. The molecule has 2 heterocycles. The number of benzene rings is 2. The van der Waals surface area contributed by atoms with E-state index in [9.17, 15) is 23.6 Å². The molecular formula is C25H27FN2O5S. The van der Waals surface area contributed by atoms with Crippen molar-refractivity contribution in [2.45, 2.75) is 36.2 Å². The number of fused-ring (bicyclic) bond motifs is 3. The maximum Gasteiger partial charge on any atom is 0.341 e. The summed E-state index contributed by atoms with van der Waals surface area (Å²) in [5.41, 5.74) is 0.781. The van der Waals surface area contributed by atoms with Crippen LogP contribution in [0.3, 0.4) is 0 Å². The minimum atomic E-state index is -1.84. The molecule has 4 atom stereocenters. The van der Waals surface area contributed by atoms with Gasteiger partial charge in [0.25, 0.3) is 0 Å². The highest BCUT2D eigenvalue weighted by Crippen LogP contribution is 2.55. The third-order valence-corrected chi connectivity index (χ3v) is 7.91. The standard InChI is InChI=1S/C25H27FN2O5S/c1-25(31)8-10-28(14-25)9-2-3-15-11-17(26)4-7-21(15)34(32)27-20-6-5-18-19-12-16(19)13-33-23(18)22(20)24(29)30/h2-7,11,16,19,27,31H,8-10,12-14H2,1H3,(H,29,30)/b3-2-/t16-,19-,25?,34?/m0/s1. The second-order valence-electron chi connectivity index (χ2n) is 9.56. The van der Waals surface area contributed by atoms with Crippen molar-refractivity contribution in [3.8, 4) is 5.75 Å². The molecule has 3 N–H and O–H groups in total. The Labute approximate surface area is 199 Å². The summed E-state index contributed by atoms with van der Waals surface area (Å²) in [6.07, 6.45) is 5.23. The molecule has 2 aromatic rings. The number of ether oxygens (including phenoxy) is 1. The Morgan fingerprint density at radius 2 is 2.21 bits per heavy atom. The number of hydrogen-bond donors (Lipinski definition) is 3. The van der Waals surface area contributed by atoms with Crippen LogP contribution in [0.1, 0.15) is 47.2 Å². The lowest BCUT2D eigenvalue weighted by Gasteiger charge is -2.21. The van der Waals surface area contributed by atoms with Crippen LogP contribution in [-0.4, -0.2) is 57.1 Å². The summed E-state index contributed by atoms with van der Waals surface area (Å²) in [5.74, 6) is -0.501. The van der Waals surface area contributed by atoms with E-state index in [1.165, 1.54) is 18.2 Å². The molecule has 3 aliphatic rings. The molecule has 7 nitrogen and oxygen atoms in total. The lowest BCUT2D eigenvalue weighted by Crippen LogP contribution is -2.29. The van der Waals surface area contributed by atoms with Gasteiger partial charge in [0.2, 0.25) is 0 Å². The molecule has 34 heavy (non-hydrogen) atoms. The number of β-amino-alcohol motifs (C(OH)–C–C–N with tert-alkyl or cyclic N) is 1. The van der Waals surface area contributed by atoms with Crippen LogP contribution in [0, 0.1) is 11.7 Å². The number of nitrogens with one attached hydrogen (secondary N) is 1. The van der Waals surface area contributed by atoms with Crippen LogP contribution in [0.4, 0.5) is 10.1 Å². The molecule has 0 amide bonds. The van der Waals surface area contributed by atoms with Crippen molar-refractivity contribution in [1.29, 1.82) is 0 Å². The fraction of sp³-hybridized carbons (Fsp3) is 0.400. The molecule has 2 fully saturated rings. The second-order valence-corrected chi connectivity index (χ2v) is 10.7. The topological polar surface area (TPSA) is 99.1 Å². The first kappa shape index (κ1) is 23.0. The Kier molecular flexibility index (Phi) is 5.95. The fourth-order valence-corrected chi connectivity index (χ4v) is 5.86. The van der Waals surface area contributed by atoms with Gasteiger partial charge in [-0.15, -0.1) is 0 Å². The Bertz CT molecular complexity index is 1200. The van der Waals surface area contributed by atoms with Gasteiger partial charge in [0.1, 0.15) is 17.1 Å². The van der Waals surface area contributed by atoms with E-state index in [1.807, 2.05) is 12.1 Å². The van der Waals surface area contributed by atoms with Crippen molar-refractivity contribution < 1.29 is 28.3 Å². The van der Waals surface area contributed by atoms with E-state index in [1.54, 1.807) is 19.1 Å². The lowest BCUT2D eigenvalue weighted by molar-refractivity contribution is 0.0688. The van der Waals surface area contributed by atoms with Crippen LogP contribution >= 0.6 is 0 Å². The highest BCUT2D eigenvalue weighted by Gasteiger charge is 2.45.